The SMILES string of the molecule is CN(C(=O)N1Cc2cnc(N)nc2C1)c1ccncc1. The maximum absolute atomic E-state index is 12.5. The molecule has 0 saturated heterocycles. The summed E-state index contributed by atoms with van der Waals surface area (Å²) in [4.78, 5) is 27.8. The van der Waals surface area contributed by atoms with E-state index in [-0.39, 0.29) is 12.0 Å². The summed E-state index contributed by atoms with van der Waals surface area (Å²) in [5, 5.41) is 0. The molecule has 2 amide bonds. The molecule has 0 spiro atoms. The second-order valence-electron chi connectivity index (χ2n) is 4.60. The van der Waals surface area contributed by atoms with Crippen LogP contribution in [0.3, 0.4) is 0 Å². The predicted octanol–water partition coefficient (Wildman–Crippen LogP) is 1.03. The highest BCUT2D eigenvalue weighted by Gasteiger charge is 2.27. The number of hydrogen-bond donors (Lipinski definition) is 1. The number of hydrogen-bond acceptors (Lipinski definition) is 5. The number of aromatic nitrogens is 3. The Kier molecular flexibility index (Phi) is 2.94. The molecule has 20 heavy (non-hydrogen) atoms. The maximum atomic E-state index is 12.5. The van der Waals surface area contributed by atoms with Crippen molar-refractivity contribution >= 4 is 17.7 Å². The van der Waals surface area contributed by atoms with Crippen molar-refractivity contribution in [2.45, 2.75) is 13.1 Å². The quantitative estimate of drug-likeness (QED) is 0.836. The first kappa shape index (κ1) is 12.3. The number of fused-ring (bicyclic) bond motifs is 1. The molecule has 0 fully saturated rings. The minimum absolute atomic E-state index is 0.0900. The minimum Gasteiger partial charge on any atom is -0.368 e. The lowest BCUT2D eigenvalue weighted by Gasteiger charge is -2.24. The van der Waals surface area contributed by atoms with Crippen molar-refractivity contribution in [3.05, 3.63) is 42.0 Å². The Morgan fingerprint density at radius 1 is 1.35 bits per heavy atom. The van der Waals surface area contributed by atoms with Crippen molar-refractivity contribution in [3.63, 3.8) is 0 Å². The second kappa shape index (κ2) is 4.76. The highest BCUT2D eigenvalue weighted by Crippen LogP contribution is 2.23. The van der Waals surface area contributed by atoms with E-state index in [9.17, 15) is 4.79 Å². The summed E-state index contributed by atoms with van der Waals surface area (Å²) >= 11 is 0. The fourth-order valence-electron chi connectivity index (χ4n) is 2.19. The van der Waals surface area contributed by atoms with E-state index in [1.54, 1.807) is 47.6 Å². The fourth-order valence-corrected chi connectivity index (χ4v) is 2.19. The number of rotatable bonds is 1. The lowest BCUT2D eigenvalue weighted by Crippen LogP contribution is -2.38. The molecule has 3 heterocycles. The predicted molar refractivity (Wildman–Crippen MR) is 73.7 cm³/mol. The second-order valence-corrected chi connectivity index (χ2v) is 4.60. The van der Waals surface area contributed by atoms with Gasteiger partial charge in [-0.25, -0.2) is 14.8 Å². The minimum atomic E-state index is -0.0900. The van der Waals surface area contributed by atoms with Gasteiger partial charge in [0.1, 0.15) is 0 Å². The lowest BCUT2D eigenvalue weighted by molar-refractivity contribution is 0.206. The highest BCUT2D eigenvalue weighted by atomic mass is 16.2. The third-order valence-electron chi connectivity index (χ3n) is 3.28. The van der Waals surface area contributed by atoms with Gasteiger partial charge in [0.05, 0.1) is 18.8 Å². The molecule has 0 aliphatic carbocycles. The molecule has 2 aromatic heterocycles. The standard InChI is InChI=1S/C13H14N6O/c1-18(10-2-4-15-5-3-10)13(20)19-7-9-6-16-12(14)17-11(9)8-19/h2-6H,7-8H2,1H3,(H2,14,16,17). The molecule has 102 valence electrons. The largest absolute Gasteiger partial charge is 0.368 e. The van der Waals surface area contributed by atoms with E-state index in [1.807, 2.05) is 0 Å². The van der Waals surface area contributed by atoms with Crippen LogP contribution >= 0.6 is 0 Å². The third-order valence-corrected chi connectivity index (χ3v) is 3.28. The zero-order valence-corrected chi connectivity index (χ0v) is 11.0. The van der Waals surface area contributed by atoms with Gasteiger partial charge in [-0.3, -0.25) is 9.88 Å². The molecule has 3 rings (SSSR count). The fraction of sp³-hybridized carbons (Fsp3) is 0.231. The summed E-state index contributed by atoms with van der Waals surface area (Å²) < 4.78 is 0. The highest BCUT2D eigenvalue weighted by molar-refractivity contribution is 5.91. The molecular weight excluding hydrogens is 256 g/mol. The molecule has 0 radical (unpaired) electrons. The Labute approximate surface area is 116 Å². The molecule has 7 nitrogen and oxygen atoms in total. The van der Waals surface area contributed by atoms with Gasteiger partial charge in [0.25, 0.3) is 0 Å². The van der Waals surface area contributed by atoms with Crippen LogP contribution in [0.1, 0.15) is 11.3 Å². The van der Waals surface area contributed by atoms with E-state index in [4.69, 9.17) is 5.73 Å². The third kappa shape index (κ3) is 2.13. The van der Waals surface area contributed by atoms with Crippen LogP contribution in [0.4, 0.5) is 16.4 Å². The van der Waals surface area contributed by atoms with Crippen molar-refractivity contribution < 1.29 is 4.79 Å². The maximum Gasteiger partial charge on any atom is 0.324 e. The van der Waals surface area contributed by atoms with Crippen LogP contribution in [0, 0.1) is 0 Å². The van der Waals surface area contributed by atoms with Crippen LogP contribution in [-0.4, -0.2) is 32.9 Å². The number of carbonyl (C=O) groups is 1. The molecular formula is C13H14N6O. The number of carbonyl (C=O) groups excluding carboxylic acids is 1. The van der Waals surface area contributed by atoms with Gasteiger partial charge < -0.3 is 10.6 Å². The molecule has 2 aromatic rings. The van der Waals surface area contributed by atoms with Gasteiger partial charge >= 0.3 is 6.03 Å². The van der Waals surface area contributed by atoms with Crippen molar-refractivity contribution in [2.75, 3.05) is 17.7 Å². The molecule has 7 heteroatoms. The number of nitrogens with zero attached hydrogens (tertiary/aromatic N) is 5. The Morgan fingerprint density at radius 2 is 2.10 bits per heavy atom. The van der Waals surface area contributed by atoms with Crippen LogP contribution in [0.5, 0.6) is 0 Å². The van der Waals surface area contributed by atoms with Crippen LogP contribution in [0.25, 0.3) is 0 Å². The average Bonchev–Trinajstić information content (AvgIpc) is 2.89. The molecule has 0 aromatic carbocycles. The zero-order chi connectivity index (χ0) is 14.1. The number of amides is 2. The summed E-state index contributed by atoms with van der Waals surface area (Å²) in [5.41, 5.74) is 8.11. The van der Waals surface area contributed by atoms with Gasteiger partial charge in [-0.15, -0.1) is 0 Å². The first-order valence-corrected chi connectivity index (χ1v) is 6.18. The summed E-state index contributed by atoms with van der Waals surface area (Å²) in [6.45, 7) is 0.959. The summed E-state index contributed by atoms with van der Waals surface area (Å²) in [6, 6.07) is 3.49. The summed E-state index contributed by atoms with van der Waals surface area (Å²) in [5.74, 6) is 0.237. The topological polar surface area (TPSA) is 88.2 Å². The van der Waals surface area contributed by atoms with E-state index < -0.39 is 0 Å². The molecule has 0 saturated carbocycles. The average molecular weight is 270 g/mol. The van der Waals surface area contributed by atoms with Gasteiger partial charge in [0.15, 0.2) is 0 Å². The monoisotopic (exact) mass is 270 g/mol. The van der Waals surface area contributed by atoms with Gasteiger partial charge in [-0.2, -0.15) is 0 Å². The van der Waals surface area contributed by atoms with E-state index in [0.717, 1.165) is 16.9 Å². The zero-order valence-electron chi connectivity index (χ0n) is 11.0. The summed E-state index contributed by atoms with van der Waals surface area (Å²) in [6.07, 6.45) is 4.99. The van der Waals surface area contributed by atoms with Crippen LogP contribution < -0.4 is 10.6 Å². The Morgan fingerprint density at radius 3 is 2.85 bits per heavy atom. The van der Waals surface area contributed by atoms with E-state index in [2.05, 4.69) is 15.0 Å². The Bertz CT molecular complexity index is 645. The number of pyridine rings is 1. The van der Waals surface area contributed by atoms with E-state index >= 15 is 0 Å². The molecule has 1 aliphatic heterocycles. The Hall–Kier alpha value is -2.70. The number of anilines is 2. The van der Waals surface area contributed by atoms with Crippen molar-refractivity contribution in [3.8, 4) is 0 Å². The first-order chi connectivity index (χ1) is 9.65. The molecule has 0 bridgehead atoms. The van der Waals surface area contributed by atoms with Gasteiger partial charge in [0, 0.05) is 36.9 Å². The van der Waals surface area contributed by atoms with Crippen molar-refractivity contribution in [1.29, 1.82) is 0 Å². The number of urea groups is 1. The van der Waals surface area contributed by atoms with Crippen LogP contribution in [-0.2, 0) is 13.1 Å². The molecule has 2 N–H and O–H groups in total. The number of nitrogens with two attached hydrogens (primary N) is 1. The van der Waals surface area contributed by atoms with E-state index in [1.165, 1.54) is 0 Å². The van der Waals surface area contributed by atoms with Gasteiger partial charge in [-0.1, -0.05) is 0 Å². The van der Waals surface area contributed by atoms with Crippen molar-refractivity contribution in [2.24, 2.45) is 0 Å². The first-order valence-electron chi connectivity index (χ1n) is 6.18. The Balaban J connectivity index is 1.77. The van der Waals surface area contributed by atoms with Crippen LogP contribution in [0.15, 0.2) is 30.7 Å². The smallest absolute Gasteiger partial charge is 0.324 e. The number of nitrogen functional groups attached to an aromatic ring is 1. The molecule has 1 aliphatic rings. The normalized spacial score (nSPS) is 13.2. The summed E-state index contributed by atoms with van der Waals surface area (Å²) in [7, 11) is 1.74. The van der Waals surface area contributed by atoms with Crippen molar-refractivity contribution in [1.82, 2.24) is 19.9 Å². The van der Waals surface area contributed by atoms with Crippen LogP contribution in [0.2, 0.25) is 0 Å². The van der Waals surface area contributed by atoms with Gasteiger partial charge in [-0.05, 0) is 12.1 Å². The molecule has 0 unspecified atom stereocenters. The van der Waals surface area contributed by atoms with Gasteiger partial charge in [0.2, 0.25) is 5.95 Å². The lowest BCUT2D eigenvalue weighted by atomic mass is 10.3. The molecule has 0 atom stereocenters. The van der Waals surface area contributed by atoms with E-state index in [0.29, 0.717) is 13.1 Å².